The zero-order valence-corrected chi connectivity index (χ0v) is 14.9. The monoisotopic (exact) mass is 354 g/mol. The highest BCUT2D eigenvalue weighted by molar-refractivity contribution is 5.95. The molecule has 7 nitrogen and oxygen atoms in total. The Hall–Kier alpha value is -2.96. The lowest BCUT2D eigenvalue weighted by molar-refractivity contribution is -0.121. The van der Waals surface area contributed by atoms with Crippen LogP contribution in [0.25, 0.3) is 0 Å². The Morgan fingerprint density at radius 1 is 1.19 bits per heavy atom. The van der Waals surface area contributed by atoms with E-state index in [2.05, 4.69) is 10.3 Å². The third kappa shape index (κ3) is 3.99. The number of hydrogen-bond acceptors (Lipinski definition) is 4. The Labute approximate surface area is 151 Å². The maximum Gasteiger partial charge on any atom is 0.254 e. The molecule has 0 bridgehead atoms. The van der Waals surface area contributed by atoms with Crippen molar-refractivity contribution in [3.63, 3.8) is 0 Å². The number of carbonyl (C=O) groups excluding carboxylic acids is 2. The highest BCUT2D eigenvalue weighted by Gasteiger charge is 2.28. The van der Waals surface area contributed by atoms with Gasteiger partial charge in [-0.15, -0.1) is 0 Å². The molecule has 1 fully saturated rings. The molecule has 26 heavy (non-hydrogen) atoms. The fourth-order valence-corrected chi connectivity index (χ4v) is 2.98. The summed E-state index contributed by atoms with van der Waals surface area (Å²) < 4.78 is 1.42. The number of aryl methyl sites for hydroxylation is 2. The lowest BCUT2D eigenvalue weighted by atomic mass is 9.95. The largest absolute Gasteiger partial charge is 0.339 e. The molecule has 1 N–H and O–H groups in total. The highest BCUT2D eigenvalue weighted by Crippen LogP contribution is 2.20. The first-order valence-corrected chi connectivity index (χ1v) is 8.63. The third-order valence-electron chi connectivity index (χ3n) is 4.67. The molecule has 1 aliphatic heterocycles. The topological polar surface area (TPSA) is 84.3 Å². The molecule has 0 unspecified atom stereocenters. The minimum Gasteiger partial charge on any atom is -0.339 e. The summed E-state index contributed by atoms with van der Waals surface area (Å²) in [5.41, 5.74) is 1.21. The molecule has 0 aliphatic carbocycles. The van der Waals surface area contributed by atoms with Crippen molar-refractivity contribution < 1.29 is 9.59 Å². The van der Waals surface area contributed by atoms with Crippen LogP contribution in [0.15, 0.2) is 41.5 Å². The van der Waals surface area contributed by atoms with Crippen molar-refractivity contribution in [2.24, 2.45) is 13.0 Å². The molecule has 1 aliphatic rings. The van der Waals surface area contributed by atoms with Crippen molar-refractivity contribution in [2.75, 3.05) is 18.4 Å². The van der Waals surface area contributed by atoms with Gasteiger partial charge in [0.2, 0.25) is 5.91 Å². The van der Waals surface area contributed by atoms with Crippen molar-refractivity contribution in [3.05, 3.63) is 58.1 Å². The zero-order valence-electron chi connectivity index (χ0n) is 14.9. The van der Waals surface area contributed by atoms with Crippen LogP contribution in [0.4, 0.5) is 5.82 Å². The minimum atomic E-state index is -0.212. The number of hydrogen-bond donors (Lipinski definition) is 1. The van der Waals surface area contributed by atoms with Crippen LogP contribution in [0.2, 0.25) is 0 Å². The van der Waals surface area contributed by atoms with Gasteiger partial charge in [-0.1, -0.05) is 6.07 Å². The van der Waals surface area contributed by atoms with Gasteiger partial charge in [0.1, 0.15) is 5.82 Å². The Morgan fingerprint density at radius 2 is 1.92 bits per heavy atom. The summed E-state index contributed by atoms with van der Waals surface area (Å²) in [6, 6.07) is 6.67. The van der Waals surface area contributed by atoms with Crippen LogP contribution in [0.5, 0.6) is 0 Å². The van der Waals surface area contributed by atoms with Crippen molar-refractivity contribution in [1.29, 1.82) is 0 Å². The Morgan fingerprint density at radius 3 is 2.54 bits per heavy atom. The smallest absolute Gasteiger partial charge is 0.254 e. The van der Waals surface area contributed by atoms with E-state index in [1.165, 1.54) is 10.6 Å². The van der Waals surface area contributed by atoms with Crippen LogP contribution < -0.4 is 10.9 Å². The summed E-state index contributed by atoms with van der Waals surface area (Å²) in [5, 5.41) is 2.83. The molecule has 0 atom stereocenters. The molecular weight excluding hydrogens is 332 g/mol. The Kier molecular flexibility index (Phi) is 5.16. The van der Waals surface area contributed by atoms with Crippen LogP contribution in [0, 0.1) is 12.8 Å². The Balaban J connectivity index is 1.57. The van der Waals surface area contributed by atoms with Gasteiger partial charge in [-0.2, -0.15) is 0 Å². The van der Waals surface area contributed by atoms with E-state index in [0.29, 0.717) is 37.3 Å². The van der Waals surface area contributed by atoms with Crippen molar-refractivity contribution in [2.45, 2.75) is 19.8 Å². The fourth-order valence-electron chi connectivity index (χ4n) is 2.98. The lowest BCUT2D eigenvalue weighted by Crippen LogP contribution is -2.41. The standard InChI is InChI=1S/C19H22N4O3/c1-13-3-4-16(20-12-13)21-18(25)14-6-9-23(10-7-14)19(26)15-5-8-22(2)17(24)11-15/h3-5,8,11-12,14H,6-7,9-10H2,1-2H3,(H,20,21,25). The lowest BCUT2D eigenvalue weighted by Gasteiger charge is -2.31. The molecule has 136 valence electrons. The second-order valence-corrected chi connectivity index (χ2v) is 6.64. The van der Waals surface area contributed by atoms with Crippen molar-refractivity contribution in [3.8, 4) is 0 Å². The number of amides is 2. The van der Waals surface area contributed by atoms with Crippen LogP contribution in [0.3, 0.4) is 0 Å². The first-order valence-electron chi connectivity index (χ1n) is 8.63. The molecule has 0 saturated carbocycles. The van der Waals surface area contributed by atoms with Gasteiger partial charge in [-0.3, -0.25) is 14.4 Å². The van der Waals surface area contributed by atoms with E-state index in [9.17, 15) is 14.4 Å². The molecule has 0 aromatic carbocycles. The van der Waals surface area contributed by atoms with Crippen LogP contribution >= 0.6 is 0 Å². The van der Waals surface area contributed by atoms with Crippen LogP contribution in [0.1, 0.15) is 28.8 Å². The first kappa shape index (κ1) is 17.8. The first-order chi connectivity index (χ1) is 12.4. The van der Waals surface area contributed by atoms with E-state index < -0.39 is 0 Å². The minimum absolute atomic E-state index is 0.0676. The zero-order chi connectivity index (χ0) is 18.7. The number of carbonyl (C=O) groups is 2. The second-order valence-electron chi connectivity index (χ2n) is 6.64. The number of aromatic nitrogens is 2. The van der Waals surface area contributed by atoms with E-state index in [-0.39, 0.29) is 23.3 Å². The molecular formula is C19H22N4O3. The van der Waals surface area contributed by atoms with Gasteiger partial charge in [-0.25, -0.2) is 4.98 Å². The van der Waals surface area contributed by atoms with Gasteiger partial charge in [0.15, 0.2) is 0 Å². The van der Waals surface area contributed by atoms with E-state index >= 15 is 0 Å². The van der Waals surface area contributed by atoms with Gasteiger partial charge in [0.05, 0.1) is 0 Å². The fraction of sp³-hybridized carbons (Fsp3) is 0.368. The average Bonchev–Trinajstić information content (AvgIpc) is 2.65. The third-order valence-corrected chi connectivity index (χ3v) is 4.67. The predicted molar refractivity (Wildman–Crippen MR) is 97.9 cm³/mol. The molecule has 7 heteroatoms. The van der Waals surface area contributed by atoms with Gasteiger partial charge >= 0.3 is 0 Å². The van der Waals surface area contributed by atoms with E-state index in [0.717, 1.165) is 5.56 Å². The summed E-state index contributed by atoms with van der Waals surface area (Å²) in [6.07, 6.45) is 4.48. The number of rotatable bonds is 3. The van der Waals surface area contributed by atoms with Crippen molar-refractivity contribution >= 4 is 17.6 Å². The van der Waals surface area contributed by atoms with Gasteiger partial charge in [0.25, 0.3) is 11.5 Å². The average molecular weight is 354 g/mol. The number of piperidine rings is 1. The molecule has 3 rings (SSSR count). The number of nitrogens with one attached hydrogen (secondary N) is 1. The molecule has 0 radical (unpaired) electrons. The molecule has 2 amide bonds. The number of anilines is 1. The van der Waals surface area contributed by atoms with Gasteiger partial charge in [0, 0.05) is 50.1 Å². The van der Waals surface area contributed by atoms with Gasteiger partial charge in [-0.05, 0) is 37.5 Å². The van der Waals surface area contributed by atoms with E-state index in [4.69, 9.17) is 0 Å². The maximum absolute atomic E-state index is 12.5. The van der Waals surface area contributed by atoms with Gasteiger partial charge < -0.3 is 14.8 Å². The summed E-state index contributed by atoms with van der Waals surface area (Å²) in [6.45, 7) is 2.93. The molecule has 0 spiro atoms. The maximum atomic E-state index is 12.5. The van der Waals surface area contributed by atoms with Crippen LogP contribution in [-0.2, 0) is 11.8 Å². The van der Waals surface area contributed by atoms with E-state index in [1.54, 1.807) is 36.5 Å². The summed E-state index contributed by atoms with van der Waals surface area (Å²) in [4.78, 5) is 42.5. The second kappa shape index (κ2) is 7.51. The predicted octanol–water partition coefficient (Wildman–Crippen LogP) is 1.58. The Bertz CT molecular complexity index is 865. The summed E-state index contributed by atoms with van der Waals surface area (Å²) >= 11 is 0. The quantitative estimate of drug-likeness (QED) is 0.907. The summed E-state index contributed by atoms with van der Waals surface area (Å²) in [7, 11) is 1.64. The normalized spacial score (nSPS) is 14.9. The number of likely N-dealkylation sites (tertiary alicyclic amines) is 1. The summed E-state index contributed by atoms with van der Waals surface area (Å²) in [5.74, 6) is 0.161. The van der Waals surface area contributed by atoms with Crippen molar-refractivity contribution in [1.82, 2.24) is 14.5 Å². The molecule has 3 heterocycles. The number of nitrogens with zero attached hydrogens (tertiary/aromatic N) is 3. The molecule has 1 saturated heterocycles. The van der Waals surface area contributed by atoms with E-state index in [1.807, 2.05) is 13.0 Å². The SMILES string of the molecule is Cc1ccc(NC(=O)C2CCN(C(=O)c3ccn(C)c(=O)c3)CC2)nc1. The number of pyridine rings is 2. The highest BCUT2D eigenvalue weighted by atomic mass is 16.2. The molecule has 2 aromatic heterocycles. The molecule has 2 aromatic rings. The van der Waals surface area contributed by atoms with Crippen LogP contribution in [-0.4, -0.2) is 39.4 Å².